The molecular weight excluding hydrogens is 576 g/mol. The summed E-state index contributed by atoms with van der Waals surface area (Å²) >= 11 is 13.7. The second-order valence-corrected chi connectivity index (χ2v) is 9.52. The molecule has 208 valence electrons. The van der Waals surface area contributed by atoms with Crippen LogP contribution in [-0.4, -0.2) is 60.6 Å². The summed E-state index contributed by atoms with van der Waals surface area (Å²) in [5, 5.41) is 3.13. The quantitative estimate of drug-likeness (QED) is 0.179. The van der Waals surface area contributed by atoms with E-state index in [2.05, 4.69) is 15.3 Å². The van der Waals surface area contributed by atoms with E-state index >= 15 is 0 Å². The molecule has 2 aromatic rings. The SMILES string of the molecule is CCOC(=O)C1=C(CSc2ncc(C(=O)OCC)c(=O)[nH]2)NC(CF)=C(C(=O)OC)C1c1cccc(Cl)c1Cl. The van der Waals surface area contributed by atoms with E-state index in [1.165, 1.54) is 6.07 Å². The molecule has 1 unspecified atom stereocenters. The summed E-state index contributed by atoms with van der Waals surface area (Å²) in [6.45, 7) is 2.20. The Labute approximate surface area is 236 Å². The smallest absolute Gasteiger partial charge is 0.345 e. The first-order valence-electron chi connectivity index (χ1n) is 11.6. The number of dihydropyridines is 1. The third-order valence-electron chi connectivity index (χ3n) is 5.48. The van der Waals surface area contributed by atoms with Gasteiger partial charge in [-0.05, 0) is 25.5 Å². The van der Waals surface area contributed by atoms with Crippen molar-refractivity contribution < 1.29 is 33.0 Å². The minimum Gasteiger partial charge on any atom is -0.466 e. The molecule has 0 bridgehead atoms. The van der Waals surface area contributed by atoms with Gasteiger partial charge in [-0.25, -0.2) is 23.8 Å². The van der Waals surface area contributed by atoms with Gasteiger partial charge in [0.2, 0.25) is 0 Å². The molecule has 2 heterocycles. The summed E-state index contributed by atoms with van der Waals surface area (Å²) < 4.78 is 29.3. The molecule has 0 amide bonds. The Hall–Kier alpha value is -3.35. The van der Waals surface area contributed by atoms with Crippen LogP contribution in [0.5, 0.6) is 0 Å². The fourth-order valence-electron chi connectivity index (χ4n) is 3.83. The van der Waals surface area contributed by atoms with E-state index in [1.807, 2.05) is 0 Å². The van der Waals surface area contributed by atoms with Gasteiger partial charge < -0.3 is 24.5 Å². The van der Waals surface area contributed by atoms with Crippen molar-refractivity contribution in [3.05, 3.63) is 78.5 Å². The van der Waals surface area contributed by atoms with Gasteiger partial charge in [-0.1, -0.05) is 47.1 Å². The summed E-state index contributed by atoms with van der Waals surface area (Å²) in [6, 6.07) is 4.66. The van der Waals surface area contributed by atoms with Gasteiger partial charge in [0.05, 0.1) is 53.1 Å². The van der Waals surface area contributed by atoms with Crippen LogP contribution in [0.2, 0.25) is 10.0 Å². The average molecular weight is 600 g/mol. The van der Waals surface area contributed by atoms with Gasteiger partial charge in [-0.15, -0.1) is 0 Å². The third-order valence-corrected chi connectivity index (χ3v) is 7.23. The molecule has 39 heavy (non-hydrogen) atoms. The predicted molar refractivity (Wildman–Crippen MR) is 143 cm³/mol. The first-order chi connectivity index (χ1) is 18.7. The number of benzene rings is 1. The lowest BCUT2D eigenvalue weighted by molar-refractivity contribution is -0.139. The van der Waals surface area contributed by atoms with E-state index in [1.54, 1.807) is 26.0 Å². The van der Waals surface area contributed by atoms with Crippen molar-refractivity contribution in [2.45, 2.75) is 24.9 Å². The molecule has 1 aliphatic heterocycles. The van der Waals surface area contributed by atoms with Crippen molar-refractivity contribution in [2.75, 3.05) is 32.8 Å². The van der Waals surface area contributed by atoms with Gasteiger partial charge >= 0.3 is 17.9 Å². The lowest BCUT2D eigenvalue weighted by Gasteiger charge is -2.32. The Kier molecular flexibility index (Phi) is 10.6. The Morgan fingerprint density at radius 1 is 1.05 bits per heavy atom. The van der Waals surface area contributed by atoms with Crippen LogP contribution in [0.3, 0.4) is 0 Å². The van der Waals surface area contributed by atoms with E-state index in [-0.39, 0.29) is 67.8 Å². The molecule has 0 fully saturated rings. The van der Waals surface area contributed by atoms with Crippen LogP contribution in [0, 0.1) is 0 Å². The fraction of sp³-hybridized carbons (Fsp3) is 0.320. The first kappa shape index (κ1) is 30.2. The van der Waals surface area contributed by atoms with Crippen molar-refractivity contribution in [3.63, 3.8) is 0 Å². The molecule has 2 N–H and O–H groups in total. The number of hydrogen-bond donors (Lipinski definition) is 2. The molecular formula is C25H24Cl2FN3O7S. The van der Waals surface area contributed by atoms with Gasteiger partial charge in [0, 0.05) is 17.6 Å². The van der Waals surface area contributed by atoms with E-state index in [9.17, 15) is 23.6 Å². The Bertz CT molecular complexity index is 1410. The lowest BCUT2D eigenvalue weighted by atomic mass is 9.80. The number of carbonyl (C=O) groups excluding carboxylic acids is 3. The highest BCUT2D eigenvalue weighted by molar-refractivity contribution is 7.99. The van der Waals surface area contributed by atoms with Gasteiger partial charge in [0.25, 0.3) is 5.56 Å². The fourth-order valence-corrected chi connectivity index (χ4v) is 5.05. The monoisotopic (exact) mass is 599 g/mol. The number of esters is 3. The zero-order chi connectivity index (χ0) is 28.7. The number of thioether (sulfide) groups is 1. The van der Waals surface area contributed by atoms with E-state index in [0.29, 0.717) is 0 Å². The van der Waals surface area contributed by atoms with Crippen LogP contribution in [0.15, 0.2) is 56.9 Å². The maximum atomic E-state index is 14.3. The predicted octanol–water partition coefficient (Wildman–Crippen LogP) is 3.95. The zero-order valence-corrected chi connectivity index (χ0v) is 23.4. The molecule has 0 saturated heterocycles. The van der Waals surface area contributed by atoms with Crippen molar-refractivity contribution in [1.29, 1.82) is 0 Å². The first-order valence-corrected chi connectivity index (χ1v) is 13.3. The number of nitrogens with one attached hydrogen (secondary N) is 2. The Morgan fingerprint density at radius 2 is 1.72 bits per heavy atom. The molecule has 0 radical (unpaired) electrons. The van der Waals surface area contributed by atoms with Crippen LogP contribution < -0.4 is 10.9 Å². The number of rotatable bonds is 10. The summed E-state index contributed by atoms with van der Waals surface area (Å²) in [5.74, 6) is -3.74. The minimum absolute atomic E-state index is 0.0101. The topological polar surface area (TPSA) is 137 Å². The van der Waals surface area contributed by atoms with Crippen LogP contribution in [0.4, 0.5) is 4.39 Å². The van der Waals surface area contributed by atoms with Crippen molar-refractivity contribution in [3.8, 4) is 0 Å². The Morgan fingerprint density at radius 3 is 2.33 bits per heavy atom. The number of hydrogen-bond acceptors (Lipinski definition) is 10. The summed E-state index contributed by atoms with van der Waals surface area (Å²) in [7, 11) is 1.13. The number of alkyl halides is 1. The molecule has 0 saturated carbocycles. The number of methoxy groups -OCH3 is 1. The van der Waals surface area contributed by atoms with Crippen molar-refractivity contribution in [1.82, 2.24) is 15.3 Å². The van der Waals surface area contributed by atoms with Crippen molar-refractivity contribution in [2.24, 2.45) is 0 Å². The van der Waals surface area contributed by atoms with Gasteiger partial charge in [0.1, 0.15) is 12.2 Å². The number of halogens is 3. The second-order valence-electron chi connectivity index (χ2n) is 7.77. The highest BCUT2D eigenvalue weighted by Crippen LogP contribution is 2.44. The normalized spacial score (nSPS) is 15.1. The van der Waals surface area contributed by atoms with E-state index in [4.69, 9.17) is 37.4 Å². The minimum atomic E-state index is -1.19. The maximum Gasteiger partial charge on any atom is 0.345 e. The van der Waals surface area contributed by atoms with Gasteiger partial charge in [-0.3, -0.25) is 4.79 Å². The maximum absolute atomic E-state index is 14.3. The van der Waals surface area contributed by atoms with Gasteiger partial charge in [0.15, 0.2) is 5.16 Å². The van der Waals surface area contributed by atoms with Crippen LogP contribution >= 0.6 is 35.0 Å². The molecule has 1 aromatic heterocycles. The number of H-pyrrole nitrogens is 1. The number of carbonyl (C=O) groups is 3. The molecule has 3 rings (SSSR count). The molecule has 0 spiro atoms. The Balaban J connectivity index is 2.13. The number of aromatic nitrogens is 2. The number of ether oxygens (including phenoxy) is 3. The highest BCUT2D eigenvalue weighted by Gasteiger charge is 2.41. The summed E-state index contributed by atoms with van der Waals surface area (Å²) in [5.41, 5.74) is -0.911. The van der Waals surface area contributed by atoms with Crippen LogP contribution in [0.25, 0.3) is 0 Å². The van der Waals surface area contributed by atoms with E-state index in [0.717, 1.165) is 25.1 Å². The summed E-state index contributed by atoms with van der Waals surface area (Å²) in [6.07, 6.45) is 1.07. The standard InChI is InChI=1S/C25H24Cl2FN3O7S/c1-4-37-22(33)13-10-29-25(31-21(13)32)39-11-16-19(24(35)38-5-2)17(12-7-6-8-14(26)20(12)27)18(23(34)36-3)15(9-28)30-16/h6-8,10,17,30H,4-5,9,11H2,1-3H3,(H,29,31,32). The second kappa shape index (κ2) is 13.6. The molecule has 1 atom stereocenters. The molecule has 0 aliphatic carbocycles. The lowest BCUT2D eigenvalue weighted by Crippen LogP contribution is -2.35. The zero-order valence-electron chi connectivity index (χ0n) is 21.1. The molecule has 14 heteroatoms. The molecule has 10 nitrogen and oxygen atoms in total. The van der Waals surface area contributed by atoms with Crippen LogP contribution in [-0.2, 0) is 23.8 Å². The number of allylic oxidation sites excluding steroid dienone is 1. The largest absolute Gasteiger partial charge is 0.466 e. The van der Waals surface area contributed by atoms with Crippen LogP contribution in [0.1, 0.15) is 35.7 Å². The highest BCUT2D eigenvalue weighted by atomic mass is 35.5. The van der Waals surface area contributed by atoms with Gasteiger partial charge in [-0.2, -0.15) is 0 Å². The average Bonchev–Trinajstić information content (AvgIpc) is 2.92. The molecule has 1 aromatic carbocycles. The third kappa shape index (κ3) is 6.63. The van der Waals surface area contributed by atoms with Crippen molar-refractivity contribution >= 4 is 52.9 Å². The molecule has 1 aliphatic rings. The number of aromatic amines is 1. The summed E-state index contributed by atoms with van der Waals surface area (Å²) in [4.78, 5) is 57.0. The number of nitrogens with zero attached hydrogens (tertiary/aromatic N) is 1. The van der Waals surface area contributed by atoms with E-state index < -0.39 is 36.1 Å².